The fourth-order valence-corrected chi connectivity index (χ4v) is 2.80. The second kappa shape index (κ2) is 6.78. The van der Waals surface area contributed by atoms with E-state index in [0.717, 1.165) is 36.2 Å². The van der Waals surface area contributed by atoms with Crippen LogP contribution in [0.4, 0.5) is 17.6 Å². The van der Waals surface area contributed by atoms with Crippen molar-refractivity contribution in [2.75, 3.05) is 0 Å². The molecular formula is C21H17F4NO. The summed E-state index contributed by atoms with van der Waals surface area (Å²) in [6.07, 6.45) is 1.27. The second-order valence-corrected chi connectivity index (χ2v) is 6.57. The largest absolute Gasteiger partial charge is 0.379 e. The summed E-state index contributed by atoms with van der Waals surface area (Å²) in [6.45, 7) is 2.71. The monoisotopic (exact) mass is 375 g/mol. The van der Waals surface area contributed by atoms with Crippen molar-refractivity contribution >= 4 is 0 Å². The number of hydrogen-bond acceptors (Lipinski definition) is 2. The average molecular weight is 375 g/mol. The van der Waals surface area contributed by atoms with E-state index in [0.29, 0.717) is 11.6 Å². The molecule has 0 saturated carbocycles. The van der Waals surface area contributed by atoms with Gasteiger partial charge in [0.05, 0.1) is 0 Å². The molecule has 2 aromatic carbocycles. The summed E-state index contributed by atoms with van der Waals surface area (Å²) in [5.41, 5.74) is -1.84. The first-order chi connectivity index (χ1) is 12.6. The molecule has 1 aromatic heterocycles. The Balaban J connectivity index is 1.97. The highest BCUT2D eigenvalue weighted by molar-refractivity contribution is 5.62. The van der Waals surface area contributed by atoms with Gasteiger partial charge in [-0.15, -0.1) is 0 Å². The number of hydrogen-bond donors (Lipinski definition) is 1. The molecule has 2 nitrogen and oxygen atoms in total. The summed E-state index contributed by atoms with van der Waals surface area (Å²) in [5, 5.41) is 10.4. The summed E-state index contributed by atoms with van der Waals surface area (Å²) < 4.78 is 56.8. The Morgan fingerprint density at radius 3 is 2.07 bits per heavy atom. The van der Waals surface area contributed by atoms with E-state index in [1.165, 1.54) is 12.3 Å². The van der Waals surface area contributed by atoms with Crippen LogP contribution in [0.15, 0.2) is 60.8 Å². The summed E-state index contributed by atoms with van der Waals surface area (Å²) in [7, 11) is 0. The standard InChI is InChI=1S/C21H17F4NO/c1-13-3-5-14(6-4-13)15-7-10-19(26-12-15)21(24,25)20(2,27)17-9-8-16(22)11-18(17)23/h3-12,27H,1-2H3/t20-/m0/s1. The number of halogens is 4. The van der Waals surface area contributed by atoms with Crippen molar-refractivity contribution in [3.05, 3.63) is 89.2 Å². The van der Waals surface area contributed by atoms with Gasteiger partial charge in [0.1, 0.15) is 17.3 Å². The highest BCUT2D eigenvalue weighted by Gasteiger charge is 2.54. The number of alkyl halides is 2. The zero-order valence-corrected chi connectivity index (χ0v) is 14.7. The lowest BCUT2D eigenvalue weighted by Crippen LogP contribution is -2.42. The predicted molar refractivity (Wildman–Crippen MR) is 94.2 cm³/mol. The number of benzene rings is 2. The molecular weight excluding hydrogens is 358 g/mol. The van der Waals surface area contributed by atoms with Crippen molar-refractivity contribution in [3.63, 3.8) is 0 Å². The first kappa shape index (κ1) is 19.0. The lowest BCUT2D eigenvalue weighted by Gasteiger charge is -2.32. The van der Waals surface area contributed by atoms with Gasteiger partial charge in [0, 0.05) is 23.4 Å². The van der Waals surface area contributed by atoms with E-state index in [2.05, 4.69) is 4.98 Å². The molecule has 0 aliphatic heterocycles. The predicted octanol–water partition coefficient (Wildman–Crippen LogP) is 5.33. The van der Waals surface area contributed by atoms with Crippen molar-refractivity contribution < 1.29 is 22.7 Å². The summed E-state index contributed by atoms with van der Waals surface area (Å²) >= 11 is 0. The van der Waals surface area contributed by atoms with Crippen LogP contribution >= 0.6 is 0 Å². The van der Waals surface area contributed by atoms with E-state index in [-0.39, 0.29) is 0 Å². The van der Waals surface area contributed by atoms with Crippen molar-refractivity contribution in [2.24, 2.45) is 0 Å². The van der Waals surface area contributed by atoms with Gasteiger partial charge >= 0.3 is 5.92 Å². The van der Waals surface area contributed by atoms with Gasteiger partial charge in [-0.2, -0.15) is 8.78 Å². The first-order valence-electron chi connectivity index (χ1n) is 8.22. The molecule has 27 heavy (non-hydrogen) atoms. The molecule has 0 spiro atoms. The maximum Gasteiger partial charge on any atom is 0.321 e. The van der Waals surface area contributed by atoms with Crippen LogP contribution in [0, 0.1) is 18.6 Å². The lowest BCUT2D eigenvalue weighted by atomic mass is 9.86. The van der Waals surface area contributed by atoms with Crippen molar-refractivity contribution in [1.29, 1.82) is 0 Å². The Bertz CT molecular complexity index is 951. The van der Waals surface area contributed by atoms with Gasteiger partial charge in [-0.25, -0.2) is 8.78 Å². The number of aryl methyl sites for hydroxylation is 1. The topological polar surface area (TPSA) is 33.1 Å². The van der Waals surface area contributed by atoms with Crippen LogP contribution in [0.3, 0.4) is 0 Å². The molecule has 6 heteroatoms. The molecule has 140 valence electrons. The first-order valence-corrected chi connectivity index (χ1v) is 8.22. The number of pyridine rings is 1. The molecule has 0 aliphatic carbocycles. The van der Waals surface area contributed by atoms with Gasteiger partial charge in [-0.05, 0) is 31.5 Å². The number of rotatable bonds is 4. The molecule has 0 fully saturated rings. The van der Waals surface area contributed by atoms with Gasteiger partial charge in [0.25, 0.3) is 0 Å². The van der Waals surface area contributed by atoms with Gasteiger partial charge in [-0.3, -0.25) is 4.98 Å². The van der Waals surface area contributed by atoms with Crippen molar-refractivity contribution in [1.82, 2.24) is 4.98 Å². The summed E-state index contributed by atoms with van der Waals surface area (Å²) in [6, 6.07) is 12.1. The van der Waals surface area contributed by atoms with E-state index >= 15 is 0 Å². The smallest absolute Gasteiger partial charge is 0.321 e. The third-order valence-corrected chi connectivity index (χ3v) is 4.54. The molecule has 0 amide bonds. The van der Waals surface area contributed by atoms with Gasteiger partial charge in [0.15, 0.2) is 5.60 Å². The Morgan fingerprint density at radius 1 is 0.889 bits per heavy atom. The molecule has 1 heterocycles. The van der Waals surface area contributed by atoms with Crippen molar-refractivity contribution in [3.8, 4) is 11.1 Å². The second-order valence-electron chi connectivity index (χ2n) is 6.57. The molecule has 0 unspecified atom stereocenters. The number of nitrogens with zero attached hydrogens (tertiary/aromatic N) is 1. The van der Waals surface area contributed by atoms with Gasteiger partial charge in [0.2, 0.25) is 0 Å². The quantitative estimate of drug-likeness (QED) is 0.625. The van der Waals surface area contributed by atoms with Crippen LogP contribution in [0.5, 0.6) is 0 Å². The Morgan fingerprint density at radius 2 is 1.52 bits per heavy atom. The van der Waals surface area contributed by atoms with Gasteiger partial charge < -0.3 is 5.11 Å². The molecule has 0 aliphatic rings. The third kappa shape index (κ3) is 3.45. The van der Waals surface area contributed by atoms with E-state index in [9.17, 15) is 22.7 Å². The van der Waals surface area contributed by atoms with Crippen molar-refractivity contribution in [2.45, 2.75) is 25.4 Å². The van der Waals surface area contributed by atoms with E-state index in [1.807, 2.05) is 31.2 Å². The summed E-state index contributed by atoms with van der Waals surface area (Å²) in [5.74, 6) is -6.08. The Labute approximate surface area is 154 Å². The summed E-state index contributed by atoms with van der Waals surface area (Å²) in [4.78, 5) is 3.78. The highest BCUT2D eigenvalue weighted by Crippen LogP contribution is 2.45. The zero-order chi connectivity index (χ0) is 19.8. The molecule has 0 radical (unpaired) electrons. The van der Waals surface area contributed by atoms with Crippen LogP contribution in [-0.2, 0) is 11.5 Å². The van der Waals surface area contributed by atoms with Crippen LogP contribution in [-0.4, -0.2) is 10.1 Å². The molecule has 3 aromatic rings. The Kier molecular flexibility index (Phi) is 4.78. The average Bonchev–Trinajstić information content (AvgIpc) is 2.62. The van der Waals surface area contributed by atoms with Crippen LogP contribution in [0.1, 0.15) is 23.7 Å². The molecule has 3 rings (SSSR count). The maximum atomic E-state index is 14.9. The Hall–Kier alpha value is -2.73. The van der Waals surface area contributed by atoms with E-state index in [1.54, 1.807) is 0 Å². The van der Waals surface area contributed by atoms with Crippen LogP contribution in [0.25, 0.3) is 11.1 Å². The highest BCUT2D eigenvalue weighted by atomic mass is 19.3. The van der Waals surface area contributed by atoms with Crippen LogP contribution < -0.4 is 0 Å². The SMILES string of the molecule is Cc1ccc(-c2ccc(C(F)(F)[C@@](C)(O)c3ccc(F)cc3F)nc2)cc1. The molecule has 1 N–H and O–H groups in total. The maximum absolute atomic E-state index is 14.9. The van der Waals surface area contributed by atoms with Gasteiger partial charge in [-0.1, -0.05) is 42.0 Å². The normalized spacial score (nSPS) is 14.0. The molecule has 1 atom stereocenters. The lowest BCUT2D eigenvalue weighted by molar-refractivity contribution is -0.189. The minimum Gasteiger partial charge on any atom is -0.379 e. The minimum absolute atomic E-state index is 0.452. The third-order valence-electron chi connectivity index (χ3n) is 4.54. The van der Waals surface area contributed by atoms with E-state index < -0.39 is 34.4 Å². The number of aliphatic hydroxyl groups is 1. The molecule has 0 saturated heterocycles. The number of aromatic nitrogens is 1. The fraction of sp³-hybridized carbons (Fsp3) is 0.190. The fourth-order valence-electron chi connectivity index (χ4n) is 2.80. The molecule has 0 bridgehead atoms. The van der Waals surface area contributed by atoms with Crippen LogP contribution in [0.2, 0.25) is 0 Å². The zero-order valence-electron chi connectivity index (χ0n) is 14.7. The minimum atomic E-state index is -3.91. The van der Waals surface area contributed by atoms with E-state index in [4.69, 9.17) is 0 Å².